The molecule has 0 unspecified atom stereocenters. The zero-order chi connectivity index (χ0) is 9.97. The largest absolute Gasteiger partial charge is 0.292 e. The van der Waals surface area contributed by atoms with E-state index in [9.17, 15) is 4.79 Å². The summed E-state index contributed by atoms with van der Waals surface area (Å²) in [5.74, 6) is 2.64. The van der Waals surface area contributed by atoms with E-state index in [-0.39, 0.29) is 11.7 Å². The van der Waals surface area contributed by atoms with Crippen LogP contribution in [0.5, 0.6) is 0 Å². The first kappa shape index (κ1) is 10.6. The van der Waals surface area contributed by atoms with E-state index in [1.807, 2.05) is 17.1 Å². The molecular formula is C9H10BrNOS2. The van der Waals surface area contributed by atoms with Crippen LogP contribution in [0.1, 0.15) is 23.3 Å². The number of aromatic nitrogens is 1. The number of halogens is 1. The molecule has 1 saturated heterocycles. The van der Waals surface area contributed by atoms with Gasteiger partial charge in [0.05, 0.1) is 4.47 Å². The summed E-state index contributed by atoms with van der Waals surface area (Å²) >= 11 is 6.63. The molecule has 76 valence electrons. The van der Waals surface area contributed by atoms with Gasteiger partial charge >= 0.3 is 0 Å². The van der Waals surface area contributed by atoms with Crippen molar-refractivity contribution in [2.24, 2.45) is 5.92 Å². The van der Waals surface area contributed by atoms with Crippen LogP contribution in [-0.2, 0) is 0 Å². The van der Waals surface area contributed by atoms with E-state index < -0.39 is 0 Å². The summed E-state index contributed by atoms with van der Waals surface area (Å²) in [4.78, 5) is 12.0. The lowest BCUT2D eigenvalue weighted by molar-refractivity contribution is 0.0908. The van der Waals surface area contributed by atoms with Gasteiger partial charge in [0.15, 0.2) is 5.78 Å². The van der Waals surface area contributed by atoms with Crippen LogP contribution >= 0.6 is 39.2 Å². The van der Waals surface area contributed by atoms with Crippen molar-refractivity contribution in [1.82, 2.24) is 4.37 Å². The van der Waals surface area contributed by atoms with Gasteiger partial charge < -0.3 is 0 Å². The molecule has 0 saturated carbocycles. The fourth-order valence-electron chi connectivity index (χ4n) is 1.54. The molecule has 14 heavy (non-hydrogen) atoms. The van der Waals surface area contributed by atoms with E-state index in [0.717, 1.165) is 28.8 Å². The Balaban J connectivity index is 2.11. The maximum atomic E-state index is 12.0. The van der Waals surface area contributed by atoms with Crippen LogP contribution in [0.15, 0.2) is 9.85 Å². The normalized spacial score (nSPS) is 18.4. The highest BCUT2D eigenvalue weighted by Crippen LogP contribution is 2.28. The van der Waals surface area contributed by atoms with Gasteiger partial charge in [0.25, 0.3) is 0 Å². The average molecular weight is 292 g/mol. The number of rotatable bonds is 2. The zero-order valence-electron chi connectivity index (χ0n) is 7.53. The average Bonchev–Trinajstić information content (AvgIpc) is 2.65. The van der Waals surface area contributed by atoms with Gasteiger partial charge in [-0.3, -0.25) is 4.79 Å². The van der Waals surface area contributed by atoms with E-state index in [2.05, 4.69) is 20.3 Å². The molecule has 0 radical (unpaired) electrons. The summed E-state index contributed by atoms with van der Waals surface area (Å²) in [6, 6.07) is 0. The van der Waals surface area contributed by atoms with Crippen molar-refractivity contribution in [3.63, 3.8) is 0 Å². The van der Waals surface area contributed by atoms with Crippen molar-refractivity contribution in [3.8, 4) is 0 Å². The SMILES string of the molecule is O=C(c1nscc1Br)C1CCSCC1. The number of Topliss-reactive ketones (excluding diaryl/α,β-unsaturated/α-hetero) is 1. The lowest BCUT2D eigenvalue weighted by Gasteiger charge is -2.19. The Labute approximate surface area is 99.8 Å². The van der Waals surface area contributed by atoms with Crippen molar-refractivity contribution < 1.29 is 4.79 Å². The molecule has 2 rings (SSSR count). The summed E-state index contributed by atoms with van der Waals surface area (Å²) in [5.41, 5.74) is 0.631. The molecule has 0 aliphatic carbocycles. The molecule has 0 bridgehead atoms. The van der Waals surface area contributed by atoms with Crippen LogP contribution in [-0.4, -0.2) is 21.7 Å². The molecule has 0 spiro atoms. The Morgan fingerprint density at radius 3 is 2.79 bits per heavy atom. The molecule has 1 aromatic heterocycles. The molecule has 0 aromatic carbocycles. The van der Waals surface area contributed by atoms with Crippen LogP contribution < -0.4 is 0 Å². The van der Waals surface area contributed by atoms with Gasteiger partial charge in [-0.1, -0.05) is 0 Å². The van der Waals surface area contributed by atoms with Gasteiger partial charge in [-0.25, -0.2) is 0 Å². The predicted molar refractivity (Wildman–Crippen MR) is 64.2 cm³/mol. The third-order valence-electron chi connectivity index (χ3n) is 2.35. The fourth-order valence-corrected chi connectivity index (χ4v) is 3.85. The third kappa shape index (κ3) is 2.20. The van der Waals surface area contributed by atoms with Gasteiger partial charge in [-0.15, -0.1) is 0 Å². The third-order valence-corrected chi connectivity index (χ3v) is 4.94. The second kappa shape index (κ2) is 4.77. The quantitative estimate of drug-likeness (QED) is 0.784. The smallest absolute Gasteiger partial charge is 0.186 e. The van der Waals surface area contributed by atoms with Gasteiger partial charge in [0.1, 0.15) is 5.69 Å². The minimum atomic E-state index is 0.203. The second-order valence-electron chi connectivity index (χ2n) is 3.26. The summed E-state index contributed by atoms with van der Waals surface area (Å²) in [6.07, 6.45) is 2.01. The van der Waals surface area contributed by atoms with Crippen molar-refractivity contribution in [1.29, 1.82) is 0 Å². The van der Waals surface area contributed by atoms with Crippen molar-refractivity contribution in [2.45, 2.75) is 12.8 Å². The maximum absolute atomic E-state index is 12.0. The summed E-state index contributed by atoms with van der Waals surface area (Å²) in [7, 11) is 0. The molecule has 0 atom stereocenters. The lowest BCUT2D eigenvalue weighted by atomic mass is 9.96. The maximum Gasteiger partial charge on any atom is 0.186 e. The highest BCUT2D eigenvalue weighted by Gasteiger charge is 2.25. The molecule has 0 amide bonds. The van der Waals surface area contributed by atoms with Crippen molar-refractivity contribution in [2.75, 3.05) is 11.5 Å². The Kier molecular flexibility index (Phi) is 3.62. The van der Waals surface area contributed by atoms with E-state index in [1.165, 1.54) is 11.5 Å². The molecule has 5 heteroatoms. The van der Waals surface area contributed by atoms with Crippen LogP contribution in [0.2, 0.25) is 0 Å². The number of hydrogen-bond acceptors (Lipinski definition) is 4. The van der Waals surface area contributed by atoms with Crippen molar-refractivity contribution >= 4 is 45.0 Å². The van der Waals surface area contributed by atoms with Gasteiger partial charge in [-0.05, 0) is 51.8 Å². The summed E-state index contributed by atoms with van der Waals surface area (Å²) < 4.78 is 4.98. The first-order valence-corrected chi connectivity index (χ1v) is 7.29. The Bertz CT molecular complexity index is 333. The minimum Gasteiger partial charge on any atom is -0.292 e. The van der Waals surface area contributed by atoms with Gasteiger partial charge in [0, 0.05) is 11.3 Å². The predicted octanol–water partition coefficient (Wildman–Crippen LogP) is 3.23. The summed E-state index contributed by atoms with van der Waals surface area (Å²) in [6.45, 7) is 0. The number of thioether (sulfide) groups is 1. The van der Waals surface area contributed by atoms with Gasteiger partial charge in [0.2, 0.25) is 0 Å². The Morgan fingerprint density at radius 1 is 1.50 bits per heavy atom. The van der Waals surface area contributed by atoms with E-state index in [0.29, 0.717) is 5.69 Å². The standard InChI is InChI=1S/C9H10BrNOS2/c10-7-5-14-11-8(7)9(12)6-1-3-13-4-2-6/h5-6H,1-4H2. The first-order chi connectivity index (χ1) is 6.79. The molecular weight excluding hydrogens is 282 g/mol. The Morgan fingerprint density at radius 2 is 2.21 bits per heavy atom. The Hall–Kier alpha value is 0.130. The van der Waals surface area contributed by atoms with E-state index in [1.54, 1.807) is 0 Å². The van der Waals surface area contributed by atoms with Crippen LogP contribution in [0, 0.1) is 5.92 Å². The monoisotopic (exact) mass is 291 g/mol. The number of ketones is 1. The first-order valence-electron chi connectivity index (χ1n) is 4.51. The molecule has 1 aromatic rings. The number of carbonyl (C=O) groups excluding carboxylic acids is 1. The summed E-state index contributed by atoms with van der Waals surface area (Å²) in [5, 5.41) is 1.87. The second-order valence-corrected chi connectivity index (χ2v) is 5.97. The van der Waals surface area contributed by atoms with Crippen molar-refractivity contribution in [3.05, 3.63) is 15.5 Å². The highest BCUT2D eigenvalue weighted by atomic mass is 79.9. The van der Waals surface area contributed by atoms with E-state index >= 15 is 0 Å². The topological polar surface area (TPSA) is 30.0 Å². The molecule has 1 aliphatic rings. The van der Waals surface area contributed by atoms with Crippen LogP contribution in [0.4, 0.5) is 0 Å². The molecule has 1 aliphatic heterocycles. The van der Waals surface area contributed by atoms with Crippen LogP contribution in [0.25, 0.3) is 0 Å². The highest BCUT2D eigenvalue weighted by molar-refractivity contribution is 9.10. The minimum absolute atomic E-state index is 0.203. The molecule has 0 N–H and O–H groups in total. The van der Waals surface area contributed by atoms with E-state index in [4.69, 9.17) is 0 Å². The number of carbonyl (C=O) groups is 1. The number of hydrogen-bond donors (Lipinski definition) is 0. The van der Waals surface area contributed by atoms with Crippen LogP contribution in [0.3, 0.4) is 0 Å². The van der Waals surface area contributed by atoms with Gasteiger partial charge in [-0.2, -0.15) is 16.1 Å². The number of nitrogens with zero attached hydrogens (tertiary/aromatic N) is 1. The fraction of sp³-hybridized carbons (Fsp3) is 0.556. The molecule has 2 nitrogen and oxygen atoms in total. The lowest BCUT2D eigenvalue weighted by Crippen LogP contribution is -2.20. The zero-order valence-corrected chi connectivity index (χ0v) is 10.8. The molecule has 1 fully saturated rings. The molecule has 2 heterocycles.